The van der Waals surface area contributed by atoms with Gasteiger partial charge in [0.2, 0.25) is 0 Å². The molecule has 5 aliphatic carbocycles. The van der Waals surface area contributed by atoms with Crippen molar-refractivity contribution in [2.75, 3.05) is 0 Å². The highest BCUT2D eigenvalue weighted by atomic mass is 14.4. The fourth-order valence-corrected chi connectivity index (χ4v) is 7.53. The fraction of sp³-hybridized carbons (Fsp3) is 0.158. The van der Waals surface area contributed by atoms with Gasteiger partial charge in [-0.05, 0) is 67.5 Å². The van der Waals surface area contributed by atoms with Crippen LogP contribution in [0.1, 0.15) is 18.4 Å². The third kappa shape index (κ3) is 3.23. The summed E-state index contributed by atoms with van der Waals surface area (Å²) in [5.74, 6) is 1.43. The molecule has 5 aliphatic rings. The second-order valence-corrected chi connectivity index (χ2v) is 11.1. The van der Waals surface area contributed by atoms with Gasteiger partial charge in [0.1, 0.15) is 0 Å². The summed E-state index contributed by atoms with van der Waals surface area (Å²) in [4.78, 5) is 0. The molecule has 0 N–H and O–H groups in total. The van der Waals surface area contributed by atoms with Crippen molar-refractivity contribution in [3.05, 3.63) is 166 Å². The van der Waals surface area contributed by atoms with Crippen molar-refractivity contribution in [2.24, 2.45) is 23.7 Å². The summed E-state index contributed by atoms with van der Waals surface area (Å²) < 4.78 is 0. The number of fused-ring (bicyclic) bond motifs is 5. The minimum Gasteiger partial charge on any atom is -0.0839 e. The van der Waals surface area contributed by atoms with Crippen molar-refractivity contribution >= 4 is 21.9 Å². The Bertz CT molecular complexity index is 1820. The van der Waals surface area contributed by atoms with E-state index < -0.39 is 0 Å². The summed E-state index contributed by atoms with van der Waals surface area (Å²) in [5.41, 5.74) is 8.91. The summed E-state index contributed by atoms with van der Waals surface area (Å²) in [6, 6.07) is 24.8. The van der Waals surface area contributed by atoms with Gasteiger partial charge in [-0.15, -0.1) is 0 Å². The Labute approximate surface area is 224 Å². The Morgan fingerprint density at radius 2 is 1.24 bits per heavy atom. The molecule has 0 heterocycles. The summed E-state index contributed by atoms with van der Waals surface area (Å²) >= 11 is 0. The third-order valence-electron chi connectivity index (χ3n) is 9.13. The van der Waals surface area contributed by atoms with Crippen LogP contribution in [0.5, 0.6) is 0 Å². The van der Waals surface area contributed by atoms with Crippen molar-refractivity contribution < 1.29 is 0 Å². The average Bonchev–Trinajstić information content (AvgIpc) is 2.99. The highest BCUT2D eigenvalue weighted by molar-refractivity contribution is 5.96. The largest absolute Gasteiger partial charge is 0.0839 e. The summed E-state index contributed by atoms with van der Waals surface area (Å²) in [5, 5.41) is 5.43. The molecule has 0 spiro atoms. The van der Waals surface area contributed by atoms with E-state index in [0.29, 0.717) is 23.7 Å². The van der Waals surface area contributed by atoms with Gasteiger partial charge in [0.25, 0.3) is 0 Å². The number of hydrogen-bond donors (Lipinski definition) is 0. The highest BCUT2D eigenvalue weighted by Gasteiger charge is 2.38. The number of rotatable bonds is 2. The molecule has 4 unspecified atom stereocenters. The molecule has 0 aliphatic heterocycles. The zero-order valence-corrected chi connectivity index (χ0v) is 21.4. The predicted molar refractivity (Wildman–Crippen MR) is 160 cm³/mol. The molecule has 0 saturated carbocycles. The zero-order valence-electron chi connectivity index (χ0n) is 21.4. The Balaban J connectivity index is 1.48. The predicted octanol–water partition coefficient (Wildman–Crippen LogP) is 7.51. The Morgan fingerprint density at radius 1 is 0.579 bits per heavy atom. The molecule has 3 aromatic carbocycles. The van der Waals surface area contributed by atoms with Gasteiger partial charge >= 0.3 is 0 Å². The van der Waals surface area contributed by atoms with Gasteiger partial charge in [-0.25, -0.2) is 0 Å². The van der Waals surface area contributed by atoms with Crippen LogP contribution in [0.2, 0.25) is 0 Å². The van der Waals surface area contributed by atoms with Crippen LogP contribution in [-0.2, 0) is 0 Å². The molecule has 0 nitrogen and oxygen atoms in total. The van der Waals surface area contributed by atoms with E-state index in [4.69, 9.17) is 0 Å². The number of allylic oxidation sites excluding steroid dienone is 14. The van der Waals surface area contributed by atoms with Crippen LogP contribution in [0.3, 0.4) is 0 Å². The molecule has 0 fully saturated rings. The van der Waals surface area contributed by atoms with Gasteiger partial charge in [0, 0.05) is 23.7 Å². The topological polar surface area (TPSA) is 0 Å². The minimum absolute atomic E-state index is 0.305. The maximum absolute atomic E-state index is 2.57. The van der Waals surface area contributed by atoms with Crippen LogP contribution < -0.4 is 10.4 Å². The van der Waals surface area contributed by atoms with Crippen molar-refractivity contribution in [1.29, 1.82) is 0 Å². The van der Waals surface area contributed by atoms with Crippen LogP contribution in [0.25, 0.3) is 21.9 Å². The van der Waals surface area contributed by atoms with Gasteiger partial charge in [-0.1, -0.05) is 134 Å². The molecule has 0 saturated heterocycles. The molecular formula is C38H30. The van der Waals surface area contributed by atoms with Crippen molar-refractivity contribution in [2.45, 2.75) is 12.8 Å². The zero-order chi connectivity index (χ0) is 25.1. The number of hydrogen-bond acceptors (Lipinski definition) is 0. The van der Waals surface area contributed by atoms with Crippen LogP contribution in [-0.4, -0.2) is 0 Å². The lowest BCUT2D eigenvalue weighted by Crippen LogP contribution is -2.41. The van der Waals surface area contributed by atoms with E-state index in [0.717, 1.165) is 12.8 Å². The normalized spacial score (nSPS) is 26.7. The van der Waals surface area contributed by atoms with Crippen molar-refractivity contribution in [3.63, 3.8) is 0 Å². The maximum atomic E-state index is 2.57. The third-order valence-corrected chi connectivity index (χ3v) is 9.13. The van der Waals surface area contributed by atoms with Crippen molar-refractivity contribution in [1.82, 2.24) is 0 Å². The first-order chi connectivity index (χ1) is 18.9. The highest BCUT2D eigenvalue weighted by Crippen LogP contribution is 2.49. The van der Waals surface area contributed by atoms with Crippen LogP contribution in [0, 0.1) is 23.7 Å². The van der Waals surface area contributed by atoms with Gasteiger partial charge in [0.05, 0.1) is 0 Å². The van der Waals surface area contributed by atoms with E-state index in [9.17, 15) is 0 Å². The Morgan fingerprint density at radius 3 is 2.08 bits per heavy atom. The van der Waals surface area contributed by atoms with E-state index in [-0.39, 0.29) is 0 Å². The Kier molecular flexibility index (Phi) is 5.01. The molecular weight excluding hydrogens is 456 g/mol. The summed E-state index contributed by atoms with van der Waals surface area (Å²) in [7, 11) is 0. The Hall–Kier alpha value is -4.16. The molecule has 8 rings (SSSR count). The molecule has 0 aromatic heterocycles. The standard InChI is InChI=1S/C38H30/c1-3-15-27-25(12-1)14-11-23-31(27)37-32-19-7-9-21-34(32)38(35-22-10-8-20-33(35)37)36-24-26-13-2-4-16-28(26)29-17-5-6-18-30(29)36/h1,3-12,14-24,29-30,32,34H,2,13H2. The first kappa shape index (κ1) is 21.9. The maximum Gasteiger partial charge on any atom is 0.0137 e. The molecule has 3 aromatic rings. The smallest absolute Gasteiger partial charge is 0.0137 e. The van der Waals surface area contributed by atoms with E-state index in [1.165, 1.54) is 54.6 Å². The lowest BCUT2D eigenvalue weighted by Gasteiger charge is -2.40. The molecule has 0 radical (unpaired) electrons. The van der Waals surface area contributed by atoms with Crippen LogP contribution in [0.4, 0.5) is 0 Å². The van der Waals surface area contributed by atoms with Gasteiger partial charge in [-0.2, -0.15) is 0 Å². The quantitative estimate of drug-likeness (QED) is 0.352. The fourth-order valence-electron chi connectivity index (χ4n) is 7.53. The van der Waals surface area contributed by atoms with E-state index in [1.54, 1.807) is 0 Å². The average molecular weight is 487 g/mol. The molecule has 4 atom stereocenters. The molecule has 38 heavy (non-hydrogen) atoms. The van der Waals surface area contributed by atoms with Crippen LogP contribution >= 0.6 is 0 Å². The van der Waals surface area contributed by atoms with E-state index >= 15 is 0 Å². The van der Waals surface area contributed by atoms with Crippen molar-refractivity contribution in [3.8, 4) is 0 Å². The minimum atomic E-state index is 0.305. The van der Waals surface area contributed by atoms with E-state index in [2.05, 4.69) is 134 Å². The van der Waals surface area contributed by atoms with Crippen LogP contribution in [0.15, 0.2) is 150 Å². The van der Waals surface area contributed by atoms with Gasteiger partial charge in [-0.3, -0.25) is 0 Å². The first-order valence-corrected chi connectivity index (χ1v) is 14.0. The molecule has 0 bridgehead atoms. The van der Waals surface area contributed by atoms with Gasteiger partial charge in [0.15, 0.2) is 0 Å². The molecule has 0 amide bonds. The second kappa shape index (κ2) is 8.71. The molecule has 182 valence electrons. The summed E-state index contributed by atoms with van der Waals surface area (Å²) in [6.45, 7) is 0. The summed E-state index contributed by atoms with van der Waals surface area (Å²) in [6.07, 6.45) is 28.4. The molecule has 0 heteroatoms. The first-order valence-electron chi connectivity index (χ1n) is 14.0. The lowest BCUT2D eigenvalue weighted by atomic mass is 9.63. The van der Waals surface area contributed by atoms with E-state index in [1.807, 2.05) is 0 Å². The number of benzene rings is 3. The van der Waals surface area contributed by atoms with Gasteiger partial charge < -0.3 is 0 Å². The SMILES string of the molecule is C1=CC2C(C3=c4ccccc4=C(c4cccc5ccccc45)C4C=CC=CC34)=CC3=C(C=CCC3)C2C=C1. The monoisotopic (exact) mass is 486 g/mol. The lowest BCUT2D eigenvalue weighted by molar-refractivity contribution is 0.584. The second-order valence-electron chi connectivity index (χ2n) is 11.1.